The van der Waals surface area contributed by atoms with Crippen molar-refractivity contribution in [2.45, 2.75) is 17.7 Å². The van der Waals surface area contributed by atoms with Gasteiger partial charge in [0.15, 0.2) is 9.84 Å². The van der Waals surface area contributed by atoms with Crippen molar-refractivity contribution in [2.75, 3.05) is 18.8 Å². The molecule has 1 aromatic carbocycles. The summed E-state index contributed by atoms with van der Waals surface area (Å²) in [5, 5.41) is 0. The predicted molar refractivity (Wildman–Crippen MR) is 69.3 cm³/mol. The Bertz CT molecular complexity index is 570. The van der Waals surface area contributed by atoms with Gasteiger partial charge in [0, 0.05) is 25.9 Å². The molecule has 2 rings (SSSR count). The van der Waals surface area contributed by atoms with E-state index < -0.39 is 21.5 Å². The van der Waals surface area contributed by atoms with Crippen LogP contribution in [0.4, 0.5) is 0 Å². The maximum atomic E-state index is 12.0. The number of rotatable bonds is 3. The molecule has 1 aliphatic heterocycles. The van der Waals surface area contributed by atoms with Gasteiger partial charge < -0.3 is 4.90 Å². The van der Waals surface area contributed by atoms with Crippen molar-refractivity contribution in [3.63, 3.8) is 0 Å². The van der Waals surface area contributed by atoms with Crippen LogP contribution in [0.15, 0.2) is 35.2 Å². The van der Waals surface area contributed by atoms with Gasteiger partial charge in [-0.3, -0.25) is 9.59 Å². The fourth-order valence-electron chi connectivity index (χ4n) is 1.97. The highest BCUT2D eigenvalue weighted by Gasteiger charge is 2.26. The lowest BCUT2D eigenvalue weighted by atomic mass is 10.1. The number of piperidine rings is 1. The van der Waals surface area contributed by atoms with Gasteiger partial charge in [0.25, 0.3) is 0 Å². The number of nitrogens with zero attached hydrogens (tertiary/aromatic N) is 1. The molecule has 0 saturated carbocycles. The van der Waals surface area contributed by atoms with Crippen molar-refractivity contribution in [1.29, 1.82) is 0 Å². The number of carbonyl (C=O) groups is 2. The number of sulfone groups is 1. The molecule has 19 heavy (non-hydrogen) atoms. The summed E-state index contributed by atoms with van der Waals surface area (Å²) in [5.41, 5.74) is 0. The van der Waals surface area contributed by atoms with Crippen LogP contribution < -0.4 is 0 Å². The van der Waals surface area contributed by atoms with Gasteiger partial charge in [-0.05, 0) is 12.1 Å². The standard InChI is InChI=1S/C13H15NO4S/c15-11-6-8-14(9-7-11)13(16)10-19(17,18)12-4-2-1-3-5-12/h1-5H,6-10H2. The SMILES string of the molecule is O=C1CCN(C(=O)CS(=O)(=O)c2ccccc2)CC1. The van der Waals surface area contributed by atoms with Gasteiger partial charge in [-0.15, -0.1) is 0 Å². The molecule has 0 atom stereocenters. The van der Waals surface area contributed by atoms with E-state index >= 15 is 0 Å². The minimum Gasteiger partial charge on any atom is -0.341 e. The summed E-state index contributed by atoms with van der Waals surface area (Å²) in [7, 11) is -3.60. The predicted octanol–water partition coefficient (Wildman–Crippen LogP) is 0.652. The van der Waals surface area contributed by atoms with Crippen molar-refractivity contribution in [3.05, 3.63) is 30.3 Å². The second-order valence-electron chi connectivity index (χ2n) is 4.49. The molecule has 5 nitrogen and oxygen atoms in total. The van der Waals surface area contributed by atoms with E-state index in [9.17, 15) is 18.0 Å². The summed E-state index contributed by atoms with van der Waals surface area (Å²) in [4.78, 5) is 24.6. The third kappa shape index (κ3) is 3.41. The molecule has 0 radical (unpaired) electrons. The van der Waals surface area contributed by atoms with Gasteiger partial charge >= 0.3 is 0 Å². The molecule has 0 aliphatic carbocycles. The number of hydrogen-bond acceptors (Lipinski definition) is 4. The Kier molecular flexibility index (Phi) is 3.99. The Morgan fingerprint density at radius 3 is 2.26 bits per heavy atom. The van der Waals surface area contributed by atoms with E-state index in [1.807, 2.05) is 0 Å². The van der Waals surface area contributed by atoms with Crippen LogP contribution in [0, 0.1) is 0 Å². The zero-order valence-corrected chi connectivity index (χ0v) is 11.2. The van der Waals surface area contributed by atoms with Crippen LogP contribution in [0.2, 0.25) is 0 Å². The second-order valence-corrected chi connectivity index (χ2v) is 6.48. The van der Waals surface area contributed by atoms with E-state index in [1.165, 1.54) is 17.0 Å². The first kappa shape index (κ1) is 13.7. The molecule has 1 amide bonds. The molecule has 0 unspecified atom stereocenters. The first-order valence-corrected chi connectivity index (χ1v) is 7.71. The highest BCUT2D eigenvalue weighted by molar-refractivity contribution is 7.92. The van der Waals surface area contributed by atoms with Crippen molar-refractivity contribution < 1.29 is 18.0 Å². The summed E-state index contributed by atoms with van der Waals surface area (Å²) in [6, 6.07) is 7.91. The van der Waals surface area contributed by atoms with Crippen LogP contribution in [-0.4, -0.2) is 43.9 Å². The van der Waals surface area contributed by atoms with Crippen molar-refractivity contribution in [2.24, 2.45) is 0 Å². The molecular weight excluding hydrogens is 266 g/mol. The van der Waals surface area contributed by atoms with Crippen LogP contribution in [0.3, 0.4) is 0 Å². The van der Waals surface area contributed by atoms with Gasteiger partial charge in [0.2, 0.25) is 5.91 Å². The fourth-order valence-corrected chi connectivity index (χ4v) is 3.22. The molecule has 1 heterocycles. The molecule has 102 valence electrons. The lowest BCUT2D eigenvalue weighted by molar-refractivity contribution is -0.132. The number of benzene rings is 1. The summed E-state index contributed by atoms with van der Waals surface area (Å²) >= 11 is 0. The number of likely N-dealkylation sites (tertiary alicyclic amines) is 1. The second kappa shape index (κ2) is 5.52. The van der Waals surface area contributed by atoms with Crippen LogP contribution in [0.1, 0.15) is 12.8 Å². The van der Waals surface area contributed by atoms with E-state index in [0.29, 0.717) is 25.9 Å². The third-order valence-corrected chi connectivity index (χ3v) is 4.71. The van der Waals surface area contributed by atoms with Gasteiger partial charge in [-0.2, -0.15) is 0 Å². The van der Waals surface area contributed by atoms with E-state index in [0.717, 1.165) is 0 Å². The number of ketones is 1. The number of carbonyl (C=O) groups excluding carboxylic acids is 2. The first-order valence-electron chi connectivity index (χ1n) is 6.06. The van der Waals surface area contributed by atoms with Crippen LogP contribution in [0.5, 0.6) is 0 Å². The summed E-state index contributed by atoms with van der Waals surface area (Å²) in [6.07, 6.45) is 0.633. The van der Waals surface area contributed by atoms with Crippen molar-refractivity contribution in [1.82, 2.24) is 4.90 Å². The Balaban J connectivity index is 2.05. The zero-order valence-electron chi connectivity index (χ0n) is 10.4. The third-order valence-electron chi connectivity index (χ3n) is 3.09. The van der Waals surface area contributed by atoms with Crippen LogP contribution >= 0.6 is 0 Å². The Morgan fingerprint density at radius 1 is 1.11 bits per heavy atom. The van der Waals surface area contributed by atoms with Gasteiger partial charge in [-0.25, -0.2) is 8.42 Å². The molecule has 0 N–H and O–H groups in total. The number of Topliss-reactive ketones (excluding diaryl/α,β-unsaturated/α-hetero) is 1. The number of amides is 1. The highest BCUT2D eigenvalue weighted by Crippen LogP contribution is 2.13. The largest absolute Gasteiger partial charge is 0.341 e. The Hall–Kier alpha value is -1.69. The monoisotopic (exact) mass is 281 g/mol. The Morgan fingerprint density at radius 2 is 1.68 bits per heavy atom. The van der Waals surface area contributed by atoms with Crippen molar-refractivity contribution in [3.8, 4) is 0 Å². The fraction of sp³-hybridized carbons (Fsp3) is 0.385. The summed E-state index contributed by atoms with van der Waals surface area (Å²) < 4.78 is 24.1. The molecule has 0 spiro atoms. The molecule has 1 aliphatic rings. The molecule has 1 aromatic rings. The topological polar surface area (TPSA) is 71.5 Å². The van der Waals surface area contributed by atoms with E-state index in [-0.39, 0.29) is 10.7 Å². The maximum Gasteiger partial charge on any atom is 0.238 e. The van der Waals surface area contributed by atoms with Crippen LogP contribution in [0.25, 0.3) is 0 Å². The molecule has 0 bridgehead atoms. The highest BCUT2D eigenvalue weighted by atomic mass is 32.2. The van der Waals surface area contributed by atoms with Gasteiger partial charge in [-0.1, -0.05) is 18.2 Å². The normalized spacial score (nSPS) is 16.4. The summed E-state index contributed by atoms with van der Waals surface area (Å²) in [6.45, 7) is 0.643. The number of hydrogen-bond donors (Lipinski definition) is 0. The minimum atomic E-state index is -3.60. The van der Waals surface area contributed by atoms with Gasteiger partial charge in [0.05, 0.1) is 4.90 Å². The smallest absolute Gasteiger partial charge is 0.238 e. The summed E-state index contributed by atoms with van der Waals surface area (Å²) in [5.74, 6) is -0.850. The van der Waals surface area contributed by atoms with Crippen LogP contribution in [-0.2, 0) is 19.4 Å². The van der Waals surface area contributed by atoms with E-state index in [1.54, 1.807) is 18.2 Å². The molecule has 1 saturated heterocycles. The Labute approximate surface area is 112 Å². The zero-order chi connectivity index (χ0) is 13.9. The molecular formula is C13H15NO4S. The average molecular weight is 281 g/mol. The molecule has 0 aromatic heterocycles. The van der Waals surface area contributed by atoms with Gasteiger partial charge in [0.1, 0.15) is 11.5 Å². The first-order chi connectivity index (χ1) is 8.99. The van der Waals surface area contributed by atoms with E-state index in [4.69, 9.17) is 0 Å². The lowest BCUT2D eigenvalue weighted by Crippen LogP contribution is -2.41. The van der Waals surface area contributed by atoms with E-state index in [2.05, 4.69) is 0 Å². The van der Waals surface area contributed by atoms with Crippen molar-refractivity contribution >= 4 is 21.5 Å². The average Bonchev–Trinajstić information content (AvgIpc) is 2.40. The molecule has 1 fully saturated rings. The lowest BCUT2D eigenvalue weighted by Gasteiger charge is -2.25. The molecule has 6 heteroatoms. The minimum absolute atomic E-state index is 0.120. The quantitative estimate of drug-likeness (QED) is 0.815. The maximum absolute atomic E-state index is 12.0.